The molecule has 6 heteroatoms. The summed E-state index contributed by atoms with van der Waals surface area (Å²) in [4.78, 5) is 16.8. The molecule has 1 atom stereocenters. The highest BCUT2D eigenvalue weighted by Gasteiger charge is 2.12. The molecular formula is C12H16N4OS. The van der Waals surface area contributed by atoms with Gasteiger partial charge in [-0.15, -0.1) is 11.3 Å². The lowest BCUT2D eigenvalue weighted by Crippen LogP contribution is -2.35. The second kappa shape index (κ2) is 5.30. The van der Waals surface area contributed by atoms with Crippen LogP contribution in [0.2, 0.25) is 0 Å². The van der Waals surface area contributed by atoms with Crippen LogP contribution in [0.1, 0.15) is 28.2 Å². The molecule has 0 bridgehead atoms. The fraction of sp³-hybridized carbons (Fsp3) is 0.417. The molecule has 0 aromatic carbocycles. The number of hydrogen-bond acceptors (Lipinski definition) is 4. The summed E-state index contributed by atoms with van der Waals surface area (Å²) in [5, 5.41) is 9.12. The third-order valence-corrected chi connectivity index (χ3v) is 3.40. The van der Waals surface area contributed by atoms with Crippen LogP contribution in [0.25, 0.3) is 0 Å². The largest absolute Gasteiger partial charge is 0.347 e. The number of thiophene rings is 1. The fourth-order valence-corrected chi connectivity index (χ4v) is 2.37. The number of carbonyl (C=O) groups excluding carboxylic acids is 1. The predicted octanol–water partition coefficient (Wildman–Crippen LogP) is 1.77. The van der Waals surface area contributed by atoms with Gasteiger partial charge in [0.1, 0.15) is 11.6 Å². The molecule has 0 aliphatic heterocycles. The van der Waals surface area contributed by atoms with Gasteiger partial charge in [-0.05, 0) is 32.2 Å². The molecule has 2 aromatic heterocycles. The highest BCUT2D eigenvalue weighted by molar-refractivity contribution is 7.12. The standard InChI is InChI=1S/C12H16N4OS/c1-8(7-16-10(3)14-9(2)15-16)13-12(17)11-5-4-6-18-11/h4-6,8H,7H2,1-3H3,(H,13,17)/t8-/m1/s1. The van der Waals surface area contributed by atoms with Crippen molar-refractivity contribution in [3.05, 3.63) is 34.0 Å². The quantitative estimate of drug-likeness (QED) is 0.915. The molecule has 0 saturated carbocycles. The normalized spacial score (nSPS) is 12.4. The topological polar surface area (TPSA) is 59.8 Å². The van der Waals surface area contributed by atoms with Gasteiger partial charge in [-0.2, -0.15) is 5.10 Å². The lowest BCUT2D eigenvalue weighted by molar-refractivity contribution is 0.0940. The van der Waals surface area contributed by atoms with Gasteiger partial charge in [0.25, 0.3) is 5.91 Å². The maximum atomic E-state index is 11.9. The molecule has 2 aromatic rings. The second-order valence-electron chi connectivity index (χ2n) is 4.24. The van der Waals surface area contributed by atoms with Crippen molar-refractivity contribution in [2.24, 2.45) is 0 Å². The van der Waals surface area contributed by atoms with E-state index in [9.17, 15) is 4.79 Å². The van der Waals surface area contributed by atoms with Crippen molar-refractivity contribution in [1.82, 2.24) is 20.1 Å². The van der Waals surface area contributed by atoms with Crippen LogP contribution in [0, 0.1) is 13.8 Å². The number of rotatable bonds is 4. The summed E-state index contributed by atoms with van der Waals surface area (Å²) >= 11 is 1.44. The van der Waals surface area contributed by atoms with Crippen molar-refractivity contribution in [3.8, 4) is 0 Å². The first-order valence-electron chi connectivity index (χ1n) is 5.78. The van der Waals surface area contributed by atoms with Crippen LogP contribution in [-0.2, 0) is 6.54 Å². The number of nitrogens with one attached hydrogen (secondary N) is 1. The van der Waals surface area contributed by atoms with Crippen molar-refractivity contribution in [2.75, 3.05) is 0 Å². The molecule has 0 fully saturated rings. The summed E-state index contributed by atoms with van der Waals surface area (Å²) in [5.74, 6) is 1.58. The Morgan fingerprint density at radius 3 is 2.89 bits per heavy atom. The zero-order chi connectivity index (χ0) is 13.1. The van der Waals surface area contributed by atoms with E-state index in [-0.39, 0.29) is 11.9 Å². The van der Waals surface area contributed by atoms with Gasteiger partial charge in [0.15, 0.2) is 0 Å². The van der Waals surface area contributed by atoms with E-state index in [4.69, 9.17) is 0 Å². The Kier molecular flexibility index (Phi) is 3.76. The Hall–Kier alpha value is -1.69. The molecule has 1 amide bonds. The third-order valence-electron chi connectivity index (χ3n) is 2.53. The summed E-state index contributed by atoms with van der Waals surface area (Å²) < 4.78 is 1.81. The van der Waals surface area contributed by atoms with Crippen molar-refractivity contribution in [1.29, 1.82) is 0 Å². The zero-order valence-electron chi connectivity index (χ0n) is 10.7. The first kappa shape index (κ1) is 12.8. The minimum atomic E-state index is -0.0352. The number of aromatic nitrogens is 3. The minimum absolute atomic E-state index is 0.0133. The predicted molar refractivity (Wildman–Crippen MR) is 70.7 cm³/mol. The van der Waals surface area contributed by atoms with Crippen LogP contribution in [0.15, 0.2) is 17.5 Å². The Bertz CT molecular complexity index is 532. The van der Waals surface area contributed by atoms with Gasteiger partial charge >= 0.3 is 0 Å². The molecule has 0 spiro atoms. The zero-order valence-corrected chi connectivity index (χ0v) is 11.5. The SMILES string of the molecule is Cc1nc(C)n(C[C@@H](C)NC(=O)c2cccs2)n1. The van der Waals surface area contributed by atoms with E-state index in [2.05, 4.69) is 15.4 Å². The lowest BCUT2D eigenvalue weighted by Gasteiger charge is -2.13. The monoisotopic (exact) mass is 264 g/mol. The molecule has 0 aliphatic rings. The molecular weight excluding hydrogens is 248 g/mol. The van der Waals surface area contributed by atoms with Crippen molar-refractivity contribution >= 4 is 17.2 Å². The average Bonchev–Trinajstić information content (AvgIpc) is 2.89. The first-order valence-corrected chi connectivity index (χ1v) is 6.66. The van der Waals surface area contributed by atoms with Gasteiger partial charge in [0, 0.05) is 6.04 Å². The number of amides is 1. The molecule has 0 unspecified atom stereocenters. The van der Waals surface area contributed by atoms with E-state index in [0.717, 1.165) is 16.5 Å². The Labute approximate surface area is 110 Å². The fourth-order valence-electron chi connectivity index (χ4n) is 1.74. The van der Waals surface area contributed by atoms with Gasteiger partial charge in [-0.3, -0.25) is 4.79 Å². The van der Waals surface area contributed by atoms with Crippen LogP contribution in [0.5, 0.6) is 0 Å². The molecule has 2 heterocycles. The van der Waals surface area contributed by atoms with Gasteiger partial charge in [-0.25, -0.2) is 9.67 Å². The van der Waals surface area contributed by atoms with Gasteiger partial charge in [0.05, 0.1) is 11.4 Å². The van der Waals surface area contributed by atoms with Crippen LogP contribution in [0.4, 0.5) is 0 Å². The van der Waals surface area contributed by atoms with Gasteiger partial charge in [-0.1, -0.05) is 6.07 Å². The molecule has 2 rings (SSSR count). The van der Waals surface area contributed by atoms with Crippen LogP contribution in [-0.4, -0.2) is 26.7 Å². The molecule has 5 nitrogen and oxygen atoms in total. The summed E-state index contributed by atoms with van der Waals surface area (Å²) in [6.07, 6.45) is 0. The lowest BCUT2D eigenvalue weighted by atomic mass is 10.3. The maximum Gasteiger partial charge on any atom is 0.261 e. The highest BCUT2D eigenvalue weighted by atomic mass is 32.1. The van der Waals surface area contributed by atoms with E-state index in [1.165, 1.54) is 11.3 Å². The molecule has 18 heavy (non-hydrogen) atoms. The molecule has 0 saturated heterocycles. The second-order valence-corrected chi connectivity index (χ2v) is 5.19. The summed E-state index contributed by atoms with van der Waals surface area (Å²) in [7, 11) is 0. The van der Waals surface area contributed by atoms with Crippen LogP contribution >= 0.6 is 11.3 Å². The molecule has 96 valence electrons. The third kappa shape index (κ3) is 2.95. The number of nitrogens with zero attached hydrogens (tertiary/aromatic N) is 3. The van der Waals surface area contributed by atoms with Crippen LogP contribution in [0.3, 0.4) is 0 Å². The Morgan fingerprint density at radius 1 is 1.56 bits per heavy atom. The smallest absolute Gasteiger partial charge is 0.261 e. The molecule has 0 radical (unpaired) electrons. The molecule has 1 N–H and O–H groups in total. The maximum absolute atomic E-state index is 11.9. The van der Waals surface area contributed by atoms with E-state index >= 15 is 0 Å². The number of carbonyl (C=O) groups is 1. The number of hydrogen-bond donors (Lipinski definition) is 1. The van der Waals surface area contributed by atoms with E-state index in [1.807, 2.05) is 43.0 Å². The van der Waals surface area contributed by atoms with E-state index in [0.29, 0.717) is 6.54 Å². The molecule has 0 aliphatic carbocycles. The van der Waals surface area contributed by atoms with E-state index in [1.54, 1.807) is 0 Å². The summed E-state index contributed by atoms with van der Waals surface area (Å²) in [6.45, 7) is 6.36. The van der Waals surface area contributed by atoms with Crippen molar-refractivity contribution in [2.45, 2.75) is 33.4 Å². The van der Waals surface area contributed by atoms with Crippen molar-refractivity contribution in [3.63, 3.8) is 0 Å². The number of aryl methyl sites for hydroxylation is 2. The van der Waals surface area contributed by atoms with Crippen LogP contribution < -0.4 is 5.32 Å². The summed E-state index contributed by atoms with van der Waals surface area (Å²) in [5.41, 5.74) is 0. The Balaban J connectivity index is 1.95. The van der Waals surface area contributed by atoms with E-state index < -0.39 is 0 Å². The summed E-state index contributed by atoms with van der Waals surface area (Å²) in [6, 6.07) is 3.70. The average molecular weight is 264 g/mol. The van der Waals surface area contributed by atoms with Gasteiger partial charge < -0.3 is 5.32 Å². The van der Waals surface area contributed by atoms with Gasteiger partial charge in [0.2, 0.25) is 0 Å². The van der Waals surface area contributed by atoms with Crippen molar-refractivity contribution < 1.29 is 4.79 Å². The Morgan fingerprint density at radius 2 is 2.33 bits per heavy atom. The first-order chi connectivity index (χ1) is 8.56. The minimum Gasteiger partial charge on any atom is -0.347 e. The highest BCUT2D eigenvalue weighted by Crippen LogP contribution is 2.08.